The van der Waals surface area contributed by atoms with Crippen molar-refractivity contribution in [3.05, 3.63) is 64.2 Å². The summed E-state index contributed by atoms with van der Waals surface area (Å²) in [5, 5.41) is 2.04. The topological polar surface area (TPSA) is 81.2 Å². The fourth-order valence-electron chi connectivity index (χ4n) is 2.58. The van der Waals surface area contributed by atoms with E-state index < -0.39 is 46.2 Å². The number of nitrogens with zero attached hydrogens (tertiary/aromatic N) is 2. The summed E-state index contributed by atoms with van der Waals surface area (Å²) in [4.78, 5) is 32.6. The fraction of sp³-hybridized carbons (Fsp3) is 0.200. The van der Waals surface area contributed by atoms with Crippen molar-refractivity contribution < 1.29 is 27.5 Å². The van der Waals surface area contributed by atoms with Crippen molar-refractivity contribution in [1.29, 1.82) is 0 Å². The number of ether oxygens (including phenoxy) is 1. The zero-order chi connectivity index (χ0) is 22.2. The van der Waals surface area contributed by atoms with E-state index in [1.807, 2.05) is 5.32 Å². The Kier molecular flexibility index (Phi) is 5.67. The Morgan fingerprint density at radius 2 is 1.77 bits per heavy atom. The number of fused-ring (bicyclic) bond motifs is 1. The molecule has 0 aliphatic rings. The van der Waals surface area contributed by atoms with Crippen LogP contribution in [0.4, 0.5) is 23.7 Å². The molecule has 1 heterocycles. The number of halogens is 4. The van der Waals surface area contributed by atoms with Gasteiger partial charge in [-0.05, 0) is 39.0 Å². The molecule has 1 aromatic heterocycles. The SMILES string of the molecule is CC(C)(C)OC(=O)Nc1cc(F)c(F)c(C(=O)c2ccc3ncc(Cl)nc3c2)c1F. The Morgan fingerprint density at radius 1 is 1.07 bits per heavy atom. The van der Waals surface area contributed by atoms with Gasteiger partial charge in [0.1, 0.15) is 10.8 Å². The van der Waals surface area contributed by atoms with Crippen LogP contribution in [0.1, 0.15) is 36.7 Å². The molecule has 2 aromatic carbocycles. The molecule has 1 amide bonds. The van der Waals surface area contributed by atoms with Gasteiger partial charge in [0.25, 0.3) is 0 Å². The Morgan fingerprint density at radius 3 is 2.43 bits per heavy atom. The van der Waals surface area contributed by atoms with Crippen LogP contribution in [0, 0.1) is 17.5 Å². The fourth-order valence-corrected chi connectivity index (χ4v) is 2.72. The lowest BCUT2D eigenvalue weighted by Crippen LogP contribution is -2.28. The van der Waals surface area contributed by atoms with E-state index in [1.54, 1.807) is 20.8 Å². The Balaban J connectivity index is 2.03. The van der Waals surface area contributed by atoms with Gasteiger partial charge in [-0.2, -0.15) is 0 Å². The first-order chi connectivity index (χ1) is 14.0. The molecular weight excluding hydrogens is 423 g/mol. The molecule has 0 aliphatic heterocycles. The first-order valence-electron chi connectivity index (χ1n) is 8.61. The van der Waals surface area contributed by atoms with Crippen molar-refractivity contribution in [2.24, 2.45) is 0 Å². The third-order valence-electron chi connectivity index (χ3n) is 3.79. The summed E-state index contributed by atoms with van der Waals surface area (Å²) in [6.07, 6.45) is 0.202. The van der Waals surface area contributed by atoms with Crippen molar-refractivity contribution >= 4 is 40.2 Å². The molecule has 0 unspecified atom stereocenters. The zero-order valence-corrected chi connectivity index (χ0v) is 16.8. The van der Waals surface area contributed by atoms with Crippen LogP contribution in [0.25, 0.3) is 11.0 Å². The minimum Gasteiger partial charge on any atom is -0.444 e. The molecule has 0 atom stereocenters. The number of ketones is 1. The molecule has 0 radical (unpaired) electrons. The number of carbonyl (C=O) groups excluding carboxylic acids is 2. The second kappa shape index (κ2) is 7.91. The number of benzene rings is 2. The number of nitrogens with one attached hydrogen (secondary N) is 1. The average molecular weight is 438 g/mol. The second-order valence-corrected chi connectivity index (χ2v) is 7.65. The van der Waals surface area contributed by atoms with E-state index in [0.29, 0.717) is 11.6 Å². The number of hydrogen-bond donors (Lipinski definition) is 1. The summed E-state index contributed by atoms with van der Waals surface area (Å²) in [6, 6.07) is 4.32. The first-order valence-corrected chi connectivity index (χ1v) is 8.98. The molecule has 0 fully saturated rings. The van der Waals surface area contributed by atoms with Gasteiger partial charge in [-0.1, -0.05) is 11.6 Å². The lowest BCUT2D eigenvalue weighted by Gasteiger charge is -2.20. The van der Waals surface area contributed by atoms with Crippen LogP contribution in [-0.2, 0) is 4.74 Å². The maximum absolute atomic E-state index is 14.9. The number of rotatable bonds is 3. The van der Waals surface area contributed by atoms with Gasteiger partial charge in [-0.15, -0.1) is 0 Å². The van der Waals surface area contributed by atoms with E-state index in [0.717, 1.165) is 0 Å². The van der Waals surface area contributed by atoms with Gasteiger partial charge in [0.05, 0.1) is 28.5 Å². The van der Waals surface area contributed by atoms with Crippen LogP contribution in [0.2, 0.25) is 5.15 Å². The molecule has 0 aliphatic carbocycles. The lowest BCUT2D eigenvalue weighted by atomic mass is 10.0. The Hall–Kier alpha value is -3.20. The van der Waals surface area contributed by atoms with Crippen LogP contribution in [0.15, 0.2) is 30.5 Å². The summed E-state index contributed by atoms with van der Waals surface area (Å²) < 4.78 is 48.2. The van der Waals surface area contributed by atoms with Crippen LogP contribution in [0.3, 0.4) is 0 Å². The normalized spacial score (nSPS) is 11.4. The van der Waals surface area contributed by atoms with Gasteiger partial charge in [-0.3, -0.25) is 15.1 Å². The van der Waals surface area contributed by atoms with Crippen molar-refractivity contribution in [2.75, 3.05) is 5.32 Å². The predicted octanol–water partition coefficient (Wildman–Crippen LogP) is 5.28. The summed E-state index contributed by atoms with van der Waals surface area (Å²) in [5.41, 5.74) is -2.40. The van der Waals surface area contributed by atoms with E-state index in [2.05, 4.69) is 9.97 Å². The highest BCUT2D eigenvalue weighted by Gasteiger charge is 2.27. The number of hydrogen-bond acceptors (Lipinski definition) is 5. The molecule has 0 spiro atoms. The molecule has 1 N–H and O–H groups in total. The van der Waals surface area contributed by atoms with Crippen molar-refractivity contribution in [1.82, 2.24) is 9.97 Å². The van der Waals surface area contributed by atoms with Gasteiger partial charge >= 0.3 is 6.09 Å². The van der Waals surface area contributed by atoms with Crippen LogP contribution < -0.4 is 5.32 Å². The third kappa shape index (κ3) is 4.51. The predicted molar refractivity (Wildman–Crippen MR) is 104 cm³/mol. The van der Waals surface area contributed by atoms with Crippen molar-refractivity contribution in [2.45, 2.75) is 26.4 Å². The quantitative estimate of drug-likeness (QED) is 0.445. The van der Waals surface area contributed by atoms with E-state index in [4.69, 9.17) is 16.3 Å². The highest BCUT2D eigenvalue weighted by molar-refractivity contribution is 6.29. The monoisotopic (exact) mass is 437 g/mol. The second-order valence-electron chi connectivity index (χ2n) is 7.26. The largest absolute Gasteiger partial charge is 0.444 e. The Labute approximate surface area is 174 Å². The van der Waals surface area contributed by atoms with Crippen molar-refractivity contribution in [3.63, 3.8) is 0 Å². The zero-order valence-electron chi connectivity index (χ0n) is 16.0. The summed E-state index contributed by atoms with van der Waals surface area (Å²) in [6.45, 7) is 4.70. The third-order valence-corrected chi connectivity index (χ3v) is 3.98. The molecule has 0 bridgehead atoms. The van der Waals surface area contributed by atoms with Crippen LogP contribution in [0.5, 0.6) is 0 Å². The molecule has 3 aromatic rings. The van der Waals surface area contributed by atoms with Crippen LogP contribution in [-0.4, -0.2) is 27.4 Å². The molecule has 3 rings (SSSR count). The average Bonchev–Trinajstić information content (AvgIpc) is 2.64. The molecule has 156 valence electrons. The smallest absolute Gasteiger partial charge is 0.412 e. The molecule has 10 heteroatoms. The van der Waals surface area contributed by atoms with E-state index in [1.165, 1.54) is 24.4 Å². The van der Waals surface area contributed by atoms with Gasteiger partial charge in [0.15, 0.2) is 23.2 Å². The highest BCUT2D eigenvalue weighted by Crippen LogP contribution is 2.28. The Bertz CT molecular complexity index is 1180. The van der Waals surface area contributed by atoms with E-state index >= 15 is 0 Å². The van der Waals surface area contributed by atoms with Crippen molar-refractivity contribution in [3.8, 4) is 0 Å². The van der Waals surface area contributed by atoms with Gasteiger partial charge in [0, 0.05) is 11.6 Å². The molecule has 6 nitrogen and oxygen atoms in total. The van der Waals surface area contributed by atoms with Gasteiger partial charge in [0.2, 0.25) is 0 Å². The van der Waals surface area contributed by atoms with Gasteiger partial charge in [-0.25, -0.2) is 22.9 Å². The van der Waals surface area contributed by atoms with E-state index in [9.17, 15) is 22.8 Å². The van der Waals surface area contributed by atoms with Crippen LogP contribution >= 0.6 is 11.6 Å². The number of aromatic nitrogens is 2. The first kappa shape index (κ1) is 21.5. The lowest BCUT2D eigenvalue weighted by molar-refractivity contribution is 0.0634. The molecule has 0 saturated heterocycles. The molecule has 0 saturated carbocycles. The molecular formula is C20H15ClF3N3O3. The van der Waals surface area contributed by atoms with Gasteiger partial charge < -0.3 is 4.74 Å². The maximum Gasteiger partial charge on any atom is 0.412 e. The number of carbonyl (C=O) groups is 2. The van der Waals surface area contributed by atoms with E-state index in [-0.39, 0.29) is 16.2 Å². The maximum atomic E-state index is 14.9. The highest BCUT2D eigenvalue weighted by atomic mass is 35.5. The number of anilines is 1. The summed E-state index contributed by atoms with van der Waals surface area (Å²) in [5.74, 6) is -5.80. The summed E-state index contributed by atoms with van der Waals surface area (Å²) >= 11 is 5.77. The minimum atomic E-state index is -1.69. The standard InChI is InChI=1S/C20H15ClF3N3O3/c1-20(2,3)30-19(29)27-13-7-10(22)16(23)15(17(13)24)18(28)9-4-5-11-12(6-9)26-14(21)8-25-11/h4-8H,1-3H3,(H,27,29). The summed E-state index contributed by atoms with van der Waals surface area (Å²) in [7, 11) is 0. The molecule has 30 heavy (non-hydrogen) atoms. The minimum absolute atomic E-state index is 0.0547. The number of amides is 1.